The fourth-order valence-electron chi connectivity index (χ4n) is 3.26. The van der Waals surface area contributed by atoms with Crippen molar-refractivity contribution in [2.45, 2.75) is 6.54 Å². The summed E-state index contributed by atoms with van der Waals surface area (Å²) >= 11 is 0. The number of fused-ring (bicyclic) bond motifs is 1. The number of carbonyl (C=O) groups excluding carboxylic acids is 2. The summed E-state index contributed by atoms with van der Waals surface area (Å²) < 4.78 is 16.6. The lowest BCUT2D eigenvalue weighted by Gasteiger charge is -2.13. The van der Waals surface area contributed by atoms with Crippen molar-refractivity contribution in [1.29, 1.82) is 0 Å². The highest BCUT2D eigenvalue weighted by atomic mass is 19.1. The van der Waals surface area contributed by atoms with E-state index in [0.717, 1.165) is 6.07 Å². The largest absolute Gasteiger partial charge is 0.329 e. The van der Waals surface area contributed by atoms with E-state index in [2.05, 4.69) is 15.6 Å². The number of halogens is 1. The number of hydrogen-bond donors (Lipinski definition) is 2. The van der Waals surface area contributed by atoms with Crippen molar-refractivity contribution in [3.8, 4) is 0 Å². The number of benzene rings is 2. The Balaban J connectivity index is 1.58. The molecule has 2 aromatic heterocycles. The molecule has 8 nitrogen and oxygen atoms in total. The summed E-state index contributed by atoms with van der Waals surface area (Å²) in [6.07, 6.45) is 1.48. The van der Waals surface area contributed by atoms with E-state index in [1.54, 1.807) is 43.4 Å². The molecule has 0 saturated carbocycles. The van der Waals surface area contributed by atoms with Crippen LogP contribution in [0.1, 0.15) is 10.5 Å². The Morgan fingerprint density at radius 3 is 2.45 bits per heavy atom. The summed E-state index contributed by atoms with van der Waals surface area (Å²) in [6, 6.07) is 15.6. The molecule has 31 heavy (non-hydrogen) atoms. The predicted octanol–water partition coefficient (Wildman–Crippen LogP) is 2.77. The fraction of sp³-hybridized carbons (Fsp3) is 0.0909. The van der Waals surface area contributed by atoms with Gasteiger partial charge < -0.3 is 10.6 Å². The number of carbonyl (C=O) groups is 2. The molecule has 0 radical (unpaired) electrons. The second kappa shape index (κ2) is 8.23. The van der Waals surface area contributed by atoms with E-state index < -0.39 is 17.6 Å². The smallest absolute Gasteiger partial charge is 0.323 e. The van der Waals surface area contributed by atoms with Crippen LogP contribution < -0.4 is 16.3 Å². The molecular weight excluding hydrogens is 401 g/mol. The van der Waals surface area contributed by atoms with Gasteiger partial charge in [0.2, 0.25) is 5.91 Å². The number of rotatable bonds is 5. The van der Waals surface area contributed by atoms with Gasteiger partial charge in [-0.25, -0.2) is 9.18 Å². The molecule has 0 aliphatic rings. The minimum absolute atomic E-state index is 0.0718. The van der Waals surface area contributed by atoms with Crippen LogP contribution in [0.15, 0.2) is 71.7 Å². The van der Waals surface area contributed by atoms with Gasteiger partial charge in [-0.1, -0.05) is 18.2 Å². The van der Waals surface area contributed by atoms with Gasteiger partial charge in [0.15, 0.2) is 0 Å². The molecule has 0 spiro atoms. The van der Waals surface area contributed by atoms with E-state index in [1.807, 2.05) is 0 Å². The Labute approximate surface area is 176 Å². The van der Waals surface area contributed by atoms with Crippen LogP contribution >= 0.6 is 0 Å². The average molecular weight is 419 g/mol. The van der Waals surface area contributed by atoms with Gasteiger partial charge in [-0.05, 0) is 42.5 Å². The molecule has 0 aliphatic carbocycles. The van der Waals surface area contributed by atoms with Crippen molar-refractivity contribution in [2.24, 2.45) is 7.05 Å². The van der Waals surface area contributed by atoms with Crippen LogP contribution in [0.4, 0.5) is 15.8 Å². The summed E-state index contributed by atoms with van der Waals surface area (Å²) in [5.41, 5.74) is 1.39. The Morgan fingerprint density at radius 2 is 1.71 bits per heavy atom. The molecule has 9 heteroatoms. The van der Waals surface area contributed by atoms with Crippen LogP contribution in [-0.4, -0.2) is 25.9 Å². The van der Waals surface area contributed by atoms with Crippen molar-refractivity contribution < 1.29 is 14.0 Å². The summed E-state index contributed by atoms with van der Waals surface area (Å²) in [5.74, 6) is -1.64. The van der Waals surface area contributed by atoms with Crippen molar-refractivity contribution >= 4 is 34.2 Å². The molecule has 156 valence electrons. The molecule has 0 fully saturated rings. The monoisotopic (exact) mass is 419 g/mol. The molecule has 0 bridgehead atoms. The zero-order valence-electron chi connectivity index (χ0n) is 16.5. The standard InChI is InChI=1S/C22H18FN5O3/c1-27-18-7-2-3-8-19(18)28(22(27)31)13-20(29)25-17-12-14(23)9-10-15(17)26-21(30)16-6-4-5-11-24-16/h2-12H,13H2,1H3,(H,25,29)(H,26,30). The topological polar surface area (TPSA) is 98.0 Å². The zero-order chi connectivity index (χ0) is 22.0. The Bertz CT molecular complexity index is 1340. The van der Waals surface area contributed by atoms with Gasteiger partial charge in [0.1, 0.15) is 18.1 Å². The number of pyridine rings is 1. The van der Waals surface area contributed by atoms with Gasteiger partial charge in [0.25, 0.3) is 5.91 Å². The van der Waals surface area contributed by atoms with E-state index in [9.17, 15) is 18.8 Å². The number of para-hydroxylation sites is 2. The van der Waals surface area contributed by atoms with Crippen LogP contribution in [0.2, 0.25) is 0 Å². The normalized spacial score (nSPS) is 10.8. The van der Waals surface area contributed by atoms with Gasteiger partial charge in [0, 0.05) is 13.2 Å². The highest BCUT2D eigenvalue weighted by Gasteiger charge is 2.16. The molecule has 2 heterocycles. The first kappa shape index (κ1) is 20.0. The number of imidazole rings is 1. The van der Waals surface area contributed by atoms with E-state index >= 15 is 0 Å². The van der Waals surface area contributed by atoms with Crippen LogP contribution in [0, 0.1) is 5.82 Å². The number of nitrogens with zero attached hydrogens (tertiary/aromatic N) is 3. The minimum Gasteiger partial charge on any atom is -0.323 e. The zero-order valence-corrected chi connectivity index (χ0v) is 16.5. The number of amides is 2. The first-order chi connectivity index (χ1) is 14.9. The average Bonchev–Trinajstić information content (AvgIpc) is 3.01. The first-order valence-corrected chi connectivity index (χ1v) is 9.40. The number of aryl methyl sites for hydroxylation is 1. The van der Waals surface area contributed by atoms with Crippen molar-refractivity contribution in [2.75, 3.05) is 10.6 Å². The quantitative estimate of drug-likeness (QED) is 0.520. The maximum absolute atomic E-state index is 13.8. The minimum atomic E-state index is -0.589. The van der Waals surface area contributed by atoms with Gasteiger partial charge in [-0.15, -0.1) is 0 Å². The molecule has 0 atom stereocenters. The molecule has 4 rings (SSSR count). The molecule has 0 aliphatic heterocycles. The Morgan fingerprint density at radius 1 is 0.968 bits per heavy atom. The van der Waals surface area contributed by atoms with E-state index in [1.165, 1.54) is 33.5 Å². The molecule has 0 unspecified atom stereocenters. The van der Waals surface area contributed by atoms with Gasteiger partial charge in [-0.2, -0.15) is 0 Å². The fourth-order valence-corrected chi connectivity index (χ4v) is 3.26. The van der Waals surface area contributed by atoms with Crippen LogP contribution in [0.5, 0.6) is 0 Å². The maximum Gasteiger partial charge on any atom is 0.329 e. The lowest BCUT2D eigenvalue weighted by Crippen LogP contribution is -2.28. The Kier molecular flexibility index (Phi) is 5.31. The second-order valence-electron chi connectivity index (χ2n) is 6.82. The first-order valence-electron chi connectivity index (χ1n) is 9.40. The lowest BCUT2D eigenvalue weighted by atomic mass is 10.2. The molecular formula is C22H18FN5O3. The third-order valence-corrected chi connectivity index (χ3v) is 4.75. The predicted molar refractivity (Wildman–Crippen MR) is 114 cm³/mol. The van der Waals surface area contributed by atoms with Crippen molar-refractivity contribution in [1.82, 2.24) is 14.1 Å². The molecule has 2 amide bonds. The summed E-state index contributed by atoms with van der Waals surface area (Å²) in [4.78, 5) is 41.6. The highest BCUT2D eigenvalue weighted by Crippen LogP contribution is 2.23. The molecule has 2 aromatic carbocycles. The number of nitrogens with one attached hydrogen (secondary N) is 2. The summed E-state index contributed by atoms with van der Waals surface area (Å²) in [5, 5.41) is 5.19. The SMILES string of the molecule is Cn1c(=O)n(CC(=O)Nc2cc(F)ccc2NC(=O)c2ccccn2)c2ccccc21. The van der Waals surface area contributed by atoms with Gasteiger partial charge >= 0.3 is 5.69 Å². The number of hydrogen-bond acceptors (Lipinski definition) is 4. The third-order valence-electron chi connectivity index (χ3n) is 4.75. The van der Waals surface area contributed by atoms with E-state index in [0.29, 0.717) is 11.0 Å². The number of anilines is 2. The molecule has 0 saturated heterocycles. The number of aromatic nitrogens is 3. The van der Waals surface area contributed by atoms with Crippen LogP contribution in [0.25, 0.3) is 11.0 Å². The van der Waals surface area contributed by atoms with E-state index in [4.69, 9.17) is 0 Å². The maximum atomic E-state index is 13.8. The Hall–Kier alpha value is -4.27. The second-order valence-corrected chi connectivity index (χ2v) is 6.82. The lowest BCUT2D eigenvalue weighted by molar-refractivity contribution is -0.116. The molecule has 2 N–H and O–H groups in total. The summed E-state index contributed by atoms with van der Waals surface area (Å²) in [6.45, 7) is -0.273. The molecule has 4 aromatic rings. The van der Waals surface area contributed by atoms with E-state index in [-0.39, 0.29) is 29.3 Å². The van der Waals surface area contributed by atoms with Crippen LogP contribution in [0.3, 0.4) is 0 Å². The highest BCUT2D eigenvalue weighted by molar-refractivity contribution is 6.06. The van der Waals surface area contributed by atoms with Crippen molar-refractivity contribution in [3.05, 3.63) is 88.9 Å². The third kappa shape index (κ3) is 4.06. The van der Waals surface area contributed by atoms with Crippen molar-refractivity contribution in [3.63, 3.8) is 0 Å². The van der Waals surface area contributed by atoms with Gasteiger partial charge in [0.05, 0.1) is 22.4 Å². The summed E-state index contributed by atoms with van der Waals surface area (Å²) in [7, 11) is 1.62. The van der Waals surface area contributed by atoms with Gasteiger partial charge in [-0.3, -0.25) is 23.7 Å². The van der Waals surface area contributed by atoms with Crippen LogP contribution in [-0.2, 0) is 18.4 Å².